The van der Waals surface area contributed by atoms with Gasteiger partial charge in [-0.15, -0.1) is 0 Å². The number of nitrogens with one attached hydrogen (secondary N) is 1. The van der Waals surface area contributed by atoms with Crippen molar-refractivity contribution in [2.24, 2.45) is 4.99 Å². The number of aliphatic imine (C=N–C) groups is 1. The van der Waals surface area contributed by atoms with Gasteiger partial charge in [-0.3, -0.25) is 4.99 Å². The summed E-state index contributed by atoms with van der Waals surface area (Å²) in [5.74, 6) is 0. The first-order valence-corrected chi connectivity index (χ1v) is 12.6. The molecule has 29 heavy (non-hydrogen) atoms. The number of nitrogens with zero attached hydrogens (tertiary/aromatic N) is 2. The Balaban J connectivity index is 2.22. The van der Waals surface area contributed by atoms with Crippen LogP contribution in [-0.4, -0.2) is 37.2 Å². The topological polar surface area (TPSA) is 27.6 Å². The van der Waals surface area contributed by atoms with E-state index in [-0.39, 0.29) is 0 Å². The van der Waals surface area contributed by atoms with Gasteiger partial charge in [-0.2, -0.15) is 10.2 Å². The SMILES string of the molecule is C=C/C=C/C=C(\C=C/N(C)CCC)NS(C)(C)C1=CC=CC2=C(C1)N=CC=CC2. The molecule has 3 nitrogen and oxygen atoms in total. The Morgan fingerprint density at radius 1 is 1.31 bits per heavy atom. The summed E-state index contributed by atoms with van der Waals surface area (Å²) in [6.07, 6.45) is 32.5. The van der Waals surface area contributed by atoms with Crippen molar-refractivity contribution in [1.29, 1.82) is 0 Å². The predicted octanol–water partition coefficient (Wildman–Crippen LogP) is 6.17. The van der Waals surface area contributed by atoms with Crippen LogP contribution in [0.5, 0.6) is 0 Å². The van der Waals surface area contributed by atoms with Crippen LogP contribution in [0.25, 0.3) is 0 Å². The molecule has 0 saturated heterocycles. The van der Waals surface area contributed by atoms with Gasteiger partial charge in [0.25, 0.3) is 0 Å². The lowest BCUT2D eigenvalue weighted by molar-refractivity contribution is 0.454. The Bertz CT molecular complexity index is 817. The smallest absolute Gasteiger partial charge is 0.0487 e. The summed E-state index contributed by atoms with van der Waals surface area (Å²) in [6.45, 7) is 7.00. The molecule has 4 heteroatoms. The van der Waals surface area contributed by atoms with Crippen molar-refractivity contribution in [2.45, 2.75) is 26.2 Å². The minimum atomic E-state index is -1.23. The van der Waals surface area contributed by atoms with Crippen molar-refractivity contribution >= 4 is 16.4 Å². The average molecular weight is 410 g/mol. The van der Waals surface area contributed by atoms with Crippen LogP contribution in [0, 0.1) is 0 Å². The van der Waals surface area contributed by atoms with Gasteiger partial charge in [-0.1, -0.05) is 56.0 Å². The van der Waals surface area contributed by atoms with Gasteiger partial charge < -0.3 is 9.62 Å². The summed E-state index contributed by atoms with van der Waals surface area (Å²) in [7, 11) is 0.879. The molecule has 0 spiro atoms. The third kappa shape index (κ3) is 7.47. The van der Waals surface area contributed by atoms with Crippen molar-refractivity contribution in [3.63, 3.8) is 0 Å². The zero-order valence-corrected chi connectivity index (χ0v) is 19.1. The number of hydrogen-bond acceptors (Lipinski definition) is 3. The molecule has 0 aromatic heterocycles. The lowest BCUT2D eigenvalue weighted by Crippen LogP contribution is -2.20. The van der Waals surface area contributed by atoms with Gasteiger partial charge in [-0.05, 0) is 54.1 Å². The molecular formula is C25H35N3S. The van der Waals surface area contributed by atoms with Gasteiger partial charge >= 0.3 is 0 Å². The summed E-state index contributed by atoms with van der Waals surface area (Å²) in [5, 5.41) is 0. The molecule has 0 saturated carbocycles. The van der Waals surface area contributed by atoms with E-state index in [1.807, 2.05) is 24.4 Å². The van der Waals surface area contributed by atoms with E-state index in [2.05, 4.69) is 85.3 Å². The van der Waals surface area contributed by atoms with Crippen LogP contribution in [0.4, 0.5) is 0 Å². The Labute approximate surface area is 178 Å². The molecule has 1 aliphatic carbocycles. The van der Waals surface area contributed by atoms with E-state index in [1.165, 1.54) is 16.2 Å². The summed E-state index contributed by atoms with van der Waals surface area (Å²) in [5.41, 5.74) is 3.58. The maximum absolute atomic E-state index is 4.69. The molecule has 156 valence electrons. The molecule has 0 atom stereocenters. The van der Waals surface area contributed by atoms with E-state index in [9.17, 15) is 0 Å². The minimum absolute atomic E-state index is 0.880. The van der Waals surface area contributed by atoms with Gasteiger partial charge in [0.05, 0.1) is 0 Å². The van der Waals surface area contributed by atoms with Crippen molar-refractivity contribution in [1.82, 2.24) is 9.62 Å². The van der Waals surface area contributed by atoms with Crippen molar-refractivity contribution in [3.05, 3.63) is 95.4 Å². The summed E-state index contributed by atoms with van der Waals surface area (Å²) < 4.78 is 3.81. The van der Waals surface area contributed by atoms with E-state index < -0.39 is 10.2 Å². The van der Waals surface area contributed by atoms with Crippen LogP contribution >= 0.6 is 10.2 Å². The molecule has 2 aliphatic rings. The van der Waals surface area contributed by atoms with Crippen molar-refractivity contribution in [3.8, 4) is 0 Å². The van der Waals surface area contributed by atoms with Crippen molar-refractivity contribution in [2.75, 3.05) is 26.1 Å². The molecule has 1 N–H and O–H groups in total. The third-order valence-electron chi connectivity index (χ3n) is 4.72. The first-order valence-electron chi connectivity index (χ1n) is 10.1. The largest absolute Gasteiger partial charge is 0.380 e. The number of hydrogen-bond donors (Lipinski definition) is 1. The lowest BCUT2D eigenvalue weighted by atomic mass is 10.1. The monoisotopic (exact) mass is 409 g/mol. The summed E-state index contributed by atoms with van der Waals surface area (Å²) in [6, 6.07) is 0. The van der Waals surface area contributed by atoms with Gasteiger partial charge in [0.1, 0.15) is 0 Å². The van der Waals surface area contributed by atoms with Crippen LogP contribution < -0.4 is 4.72 Å². The molecule has 1 heterocycles. The van der Waals surface area contributed by atoms with Crippen LogP contribution in [0.15, 0.2) is 100 Å². The molecule has 0 aromatic rings. The van der Waals surface area contributed by atoms with E-state index in [4.69, 9.17) is 4.99 Å². The molecule has 2 rings (SSSR count). The van der Waals surface area contributed by atoms with Crippen LogP contribution in [0.3, 0.4) is 0 Å². The van der Waals surface area contributed by atoms with Gasteiger partial charge in [-0.25, -0.2) is 0 Å². The average Bonchev–Trinajstić information content (AvgIpc) is 3.02. The molecule has 0 unspecified atom stereocenters. The maximum atomic E-state index is 4.69. The molecule has 0 radical (unpaired) electrons. The summed E-state index contributed by atoms with van der Waals surface area (Å²) >= 11 is 0. The first-order chi connectivity index (χ1) is 14.0. The summed E-state index contributed by atoms with van der Waals surface area (Å²) in [4.78, 5) is 8.30. The second-order valence-corrected chi connectivity index (χ2v) is 10.9. The molecule has 0 bridgehead atoms. The van der Waals surface area contributed by atoms with E-state index >= 15 is 0 Å². The highest BCUT2D eigenvalue weighted by Gasteiger charge is 2.21. The second-order valence-electron chi connectivity index (χ2n) is 7.52. The number of rotatable bonds is 9. The van der Waals surface area contributed by atoms with E-state index in [1.54, 1.807) is 6.08 Å². The predicted molar refractivity (Wildman–Crippen MR) is 133 cm³/mol. The quantitative estimate of drug-likeness (QED) is 0.461. The Kier molecular flexibility index (Phi) is 9.07. The Morgan fingerprint density at radius 2 is 2.14 bits per heavy atom. The fourth-order valence-corrected chi connectivity index (χ4v) is 4.89. The number of allylic oxidation sites excluding steroid dienone is 12. The fraction of sp³-hybridized carbons (Fsp3) is 0.320. The van der Waals surface area contributed by atoms with Gasteiger partial charge in [0.15, 0.2) is 0 Å². The Hall–Kier alpha value is -2.46. The third-order valence-corrected chi connectivity index (χ3v) is 7.06. The molecular weight excluding hydrogens is 374 g/mol. The second kappa shape index (κ2) is 11.5. The first kappa shape index (κ1) is 22.8. The molecule has 0 amide bonds. The van der Waals surface area contributed by atoms with Gasteiger partial charge in [0.2, 0.25) is 0 Å². The highest BCUT2D eigenvalue weighted by molar-refractivity contribution is 8.34. The van der Waals surface area contributed by atoms with E-state index in [0.29, 0.717) is 0 Å². The highest BCUT2D eigenvalue weighted by atomic mass is 32.3. The lowest BCUT2D eigenvalue weighted by Gasteiger charge is -2.37. The van der Waals surface area contributed by atoms with Crippen LogP contribution in [0.1, 0.15) is 26.2 Å². The minimum Gasteiger partial charge on any atom is -0.380 e. The highest BCUT2D eigenvalue weighted by Crippen LogP contribution is 2.49. The Morgan fingerprint density at radius 3 is 2.90 bits per heavy atom. The maximum Gasteiger partial charge on any atom is 0.0487 e. The van der Waals surface area contributed by atoms with Crippen LogP contribution in [-0.2, 0) is 0 Å². The zero-order valence-electron chi connectivity index (χ0n) is 18.3. The molecule has 0 aromatic carbocycles. The zero-order chi connectivity index (χ0) is 21.1. The molecule has 0 fully saturated rings. The molecule has 1 aliphatic heterocycles. The van der Waals surface area contributed by atoms with Crippen LogP contribution in [0.2, 0.25) is 0 Å². The van der Waals surface area contributed by atoms with E-state index in [0.717, 1.165) is 31.5 Å². The normalized spacial score (nSPS) is 17.9. The van der Waals surface area contributed by atoms with Crippen molar-refractivity contribution < 1.29 is 0 Å². The fourth-order valence-electron chi connectivity index (χ4n) is 3.12. The van der Waals surface area contributed by atoms with Gasteiger partial charge in [0, 0.05) is 43.8 Å². The standard InChI is InChI=1S/C25H35N3S/c1-6-8-9-15-23(17-20-28(3)19-7-2)27-29(4,5)24-16-12-14-22-13-10-11-18-26-25(22)21-24/h6,8-12,14-18,20,27H,1,7,13,19,21H2,2-5H3/b9-8+,20-17-,23-15+.